The number of hydrogen-bond donors (Lipinski definition) is 0. The summed E-state index contributed by atoms with van der Waals surface area (Å²) in [6, 6.07) is 24.4. The molecule has 0 atom stereocenters. The first-order chi connectivity index (χ1) is 12.2. The van der Waals surface area contributed by atoms with Crippen LogP contribution in [0.15, 0.2) is 78.9 Å². The average molecular weight is 334 g/mol. The molecule has 0 saturated carbocycles. The van der Waals surface area contributed by atoms with Crippen molar-refractivity contribution in [3.63, 3.8) is 0 Å². The molecule has 0 bridgehead atoms. The number of benzene rings is 3. The lowest BCUT2D eigenvalue weighted by Crippen LogP contribution is -2.17. The summed E-state index contributed by atoms with van der Waals surface area (Å²) < 4.78 is 15.7. The van der Waals surface area contributed by atoms with Gasteiger partial charge in [-0.2, -0.15) is 0 Å². The van der Waals surface area contributed by atoms with Crippen molar-refractivity contribution in [1.82, 2.24) is 0 Å². The molecule has 3 aromatic carbocycles. The number of carbonyl (C=O) groups is 1. The zero-order valence-electron chi connectivity index (χ0n) is 13.8. The molecule has 0 aliphatic heterocycles. The topological polar surface area (TPSA) is 44.8 Å². The van der Waals surface area contributed by atoms with Crippen molar-refractivity contribution in [2.24, 2.45) is 0 Å². The second-order valence-corrected chi connectivity index (χ2v) is 5.33. The standard InChI is InChI=1S/C21H18O4/c1-23-18-11-13-20(14-12-18)25-21(22)15-24-19-9-7-17(8-10-19)16-5-3-2-4-6-16/h2-14H,15H2,1H3. The Bertz CT molecular complexity index is 809. The van der Waals surface area contributed by atoms with Crippen LogP contribution >= 0.6 is 0 Å². The fourth-order valence-corrected chi connectivity index (χ4v) is 2.32. The molecule has 0 spiro atoms. The third kappa shape index (κ3) is 4.61. The van der Waals surface area contributed by atoms with Crippen LogP contribution in [0.1, 0.15) is 0 Å². The zero-order valence-corrected chi connectivity index (χ0v) is 13.8. The highest BCUT2D eigenvalue weighted by Crippen LogP contribution is 2.22. The number of carbonyl (C=O) groups excluding carboxylic acids is 1. The maximum absolute atomic E-state index is 11.9. The van der Waals surface area contributed by atoms with Crippen LogP contribution in [0.5, 0.6) is 17.2 Å². The predicted octanol–water partition coefficient (Wildman–Crippen LogP) is 4.35. The van der Waals surface area contributed by atoms with E-state index in [4.69, 9.17) is 14.2 Å². The van der Waals surface area contributed by atoms with E-state index in [0.717, 1.165) is 11.1 Å². The highest BCUT2D eigenvalue weighted by atomic mass is 16.6. The molecule has 3 rings (SSSR count). The number of ether oxygens (including phenoxy) is 3. The largest absolute Gasteiger partial charge is 0.497 e. The van der Waals surface area contributed by atoms with Crippen molar-refractivity contribution in [2.75, 3.05) is 13.7 Å². The first kappa shape index (κ1) is 16.6. The van der Waals surface area contributed by atoms with E-state index in [0.29, 0.717) is 17.2 Å². The van der Waals surface area contributed by atoms with Gasteiger partial charge in [0.15, 0.2) is 6.61 Å². The summed E-state index contributed by atoms with van der Waals surface area (Å²) in [5.74, 6) is 1.31. The lowest BCUT2D eigenvalue weighted by atomic mass is 10.1. The van der Waals surface area contributed by atoms with Gasteiger partial charge < -0.3 is 14.2 Å². The summed E-state index contributed by atoms with van der Waals surface area (Å²) in [4.78, 5) is 11.9. The minimum absolute atomic E-state index is 0.156. The molecular weight excluding hydrogens is 316 g/mol. The van der Waals surface area contributed by atoms with Crippen molar-refractivity contribution in [3.8, 4) is 28.4 Å². The van der Waals surface area contributed by atoms with Gasteiger partial charge in [-0.05, 0) is 47.5 Å². The van der Waals surface area contributed by atoms with Crippen LogP contribution in [0.4, 0.5) is 0 Å². The molecule has 4 nitrogen and oxygen atoms in total. The Morgan fingerprint density at radius 2 is 1.28 bits per heavy atom. The van der Waals surface area contributed by atoms with E-state index in [1.807, 2.05) is 54.6 Å². The number of esters is 1. The van der Waals surface area contributed by atoms with E-state index in [1.165, 1.54) is 0 Å². The van der Waals surface area contributed by atoms with Gasteiger partial charge in [0, 0.05) is 0 Å². The Labute approximate surface area is 146 Å². The van der Waals surface area contributed by atoms with E-state index < -0.39 is 5.97 Å². The van der Waals surface area contributed by atoms with Crippen LogP contribution in [0, 0.1) is 0 Å². The van der Waals surface area contributed by atoms with Crippen LogP contribution in [-0.4, -0.2) is 19.7 Å². The molecule has 3 aromatic rings. The Balaban J connectivity index is 1.53. The molecule has 4 heteroatoms. The van der Waals surface area contributed by atoms with Crippen molar-refractivity contribution < 1.29 is 19.0 Å². The summed E-state index contributed by atoms with van der Waals surface area (Å²) in [6.07, 6.45) is 0. The second-order valence-electron chi connectivity index (χ2n) is 5.33. The maximum atomic E-state index is 11.9. The molecule has 0 amide bonds. The minimum Gasteiger partial charge on any atom is -0.497 e. The Morgan fingerprint density at radius 3 is 1.92 bits per heavy atom. The number of hydrogen-bond acceptors (Lipinski definition) is 4. The van der Waals surface area contributed by atoms with Crippen molar-refractivity contribution >= 4 is 5.97 Å². The van der Waals surface area contributed by atoms with Crippen LogP contribution in [0.2, 0.25) is 0 Å². The summed E-state index contributed by atoms with van der Waals surface area (Å²) in [6.45, 7) is -0.156. The summed E-state index contributed by atoms with van der Waals surface area (Å²) in [7, 11) is 1.58. The first-order valence-corrected chi connectivity index (χ1v) is 7.87. The van der Waals surface area contributed by atoms with Gasteiger partial charge in [0.25, 0.3) is 0 Å². The molecular formula is C21H18O4. The molecule has 0 saturated heterocycles. The number of methoxy groups -OCH3 is 1. The normalized spacial score (nSPS) is 10.1. The molecule has 0 N–H and O–H groups in total. The van der Waals surface area contributed by atoms with Gasteiger partial charge in [-0.25, -0.2) is 4.79 Å². The molecule has 0 aliphatic rings. The van der Waals surface area contributed by atoms with E-state index in [9.17, 15) is 4.79 Å². The lowest BCUT2D eigenvalue weighted by molar-refractivity contribution is -0.136. The van der Waals surface area contributed by atoms with Gasteiger partial charge in [-0.1, -0.05) is 42.5 Å². The average Bonchev–Trinajstić information content (AvgIpc) is 2.68. The van der Waals surface area contributed by atoms with E-state index in [-0.39, 0.29) is 6.61 Å². The van der Waals surface area contributed by atoms with Gasteiger partial charge in [0.1, 0.15) is 17.2 Å². The van der Waals surface area contributed by atoms with E-state index in [1.54, 1.807) is 31.4 Å². The second kappa shape index (κ2) is 8.02. The quantitative estimate of drug-likeness (QED) is 0.497. The molecule has 25 heavy (non-hydrogen) atoms. The van der Waals surface area contributed by atoms with E-state index >= 15 is 0 Å². The highest BCUT2D eigenvalue weighted by molar-refractivity contribution is 5.74. The summed E-state index contributed by atoms with van der Waals surface area (Å²) in [5.41, 5.74) is 2.22. The molecule has 126 valence electrons. The Hall–Kier alpha value is -3.27. The van der Waals surface area contributed by atoms with E-state index in [2.05, 4.69) is 0 Å². The van der Waals surface area contributed by atoms with Gasteiger partial charge >= 0.3 is 5.97 Å². The maximum Gasteiger partial charge on any atom is 0.349 e. The van der Waals surface area contributed by atoms with Gasteiger partial charge in [0.05, 0.1) is 7.11 Å². The summed E-state index contributed by atoms with van der Waals surface area (Å²) >= 11 is 0. The van der Waals surface area contributed by atoms with Crippen LogP contribution in [0.3, 0.4) is 0 Å². The molecule has 0 aromatic heterocycles. The lowest BCUT2D eigenvalue weighted by Gasteiger charge is -2.08. The van der Waals surface area contributed by atoms with Crippen LogP contribution < -0.4 is 14.2 Å². The molecule has 0 fully saturated rings. The Morgan fingerprint density at radius 1 is 0.720 bits per heavy atom. The minimum atomic E-state index is -0.461. The van der Waals surface area contributed by atoms with Crippen molar-refractivity contribution in [3.05, 3.63) is 78.9 Å². The third-order valence-electron chi connectivity index (χ3n) is 3.61. The molecule has 0 unspecified atom stereocenters. The smallest absolute Gasteiger partial charge is 0.349 e. The fourth-order valence-electron chi connectivity index (χ4n) is 2.32. The van der Waals surface area contributed by atoms with Crippen LogP contribution in [0.25, 0.3) is 11.1 Å². The highest BCUT2D eigenvalue weighted by Gasteiger charge is 2.07. The number of rotatable bonds is 6. The third-order valence-corrected chi connectivity index (χ3v) is 3.61. The van der Waals surface area contributed by atoms with Crippen LogP contribution in [-0.2, 0) is 4.79 Å². The SMILES string of the molecule is COc1ccc(OC(=O)COc2ccc(-c3ccccc3)cc2)cc1. The molecule has 0 heterocycles. The predicted molar refractivity (Wildman–Crippen MR) is 96.0 cm³/mol. The van der Waals surface area contributed by atoms with Gasteiger partial charge in [0.2, 0.25) is 0 Å². The molecule has 0 aliphatic carbocycles. The fraction of sp³-hybridized carbons (Fsp3) is 0.0952. The van der Waals surface area contributed by atoms with Gasteiger partial charge in [-0.3, -0.25) is 0 Å². The first-order valence-electron chi connectivity index (χ1n) is 7.87. The van der Waals surface area contributed by atoms with Crippen molar-refractivity contribution in [1.29, 1.82) is 0 Å². The molecule has 0 radical (unpaired) electrons. The van der Waals surface area contributed by atoms with Crippen molar-refractivity contribution in [2.45, 2.75) is 0 Å². The Kier molecular flexibility index (Phi) is 5.32. The monoisotopic (exact) mass is 334 g/mol. The summed E-state index contributed by atoms with van der Waals surface area (Å²) in [5, 5.41) is 0. The zero-order chi connectivity index (χ0) is 17.5. The van der Waals surface area contributed by atoms with Gasteiger partial charge in [-0.15, -0.1) is 0 Å².